The van der Waals surface area contributed by atoms with Crippen LogP contribution in [-0.4, -0.2) is 19.7 Å². The van der Waals surface area contributed by atoms with Crippen molar-refractivity contribution in [2.75, 3.05) is 0 Å². The second-order valence-corrected chi connectivity index (χ2v) is 3.02. The lowest BCUT2D eigenvalue weighted by Crippen LogP contribution is -2.00. The highest BCUT2D eigenvalue weighted by Crippen LogP contribution is 2.22. The molecule has 0 bridgehead atoms. The van der Waals surface area contributed by atoms with Crippen LogP contribution in [0, 0.1) is 17.0 Å². The molecule has 6 heteroatoms. The van der Waals surface area contributed by atoms with Gasteiger partial charge in [0.05, 0.1) is 16.2 Å². The lowest BCUT2D eigenvalue weighted by molar-refractivity contribution is -0.385. The highest BCUT2D eigenvalue weighted by molar-refractivity contribution is 5.51. The quantitative estimate of drug-likeness (QED) is 0.548. The Balaban J connectivity index is 2.59. The number of hydrogen-bond acceptors (Lipinski definition) is 4. The number of nitrogens with zero attached hydrogens (tertiary/aromatic N) is 4. The van der Waals surface area contributed by atoms with Crippen LogP contribution in [0.2, 0.25) is 0 Å². The summed E-state index contributed by atoms with van der Waals surface area (Å²) in [6.07, 6.45) is 2.89. The van der Waals surface area contributed by atoms with E-state index in [4.69, 9.17) is 0 Å². The summed E-state index contributed by atoms with van der Waals surface area (Å²) in [4.78, 5) is 14.1. The molecule has 2 aromatic rings. The SMILES string of the molecule is Cc1c(-n2cncn2)cccc1[N+](=O)[O-]. The number of nitro benzene ring substituents is 1. The van der Waals surface area contributed by atoms with Crippen molar-refractivity contribution < 1.29 is 4.92 Å². The van der Waals surface area contributed by atoms with E-state index in [-0.39, 0.29) is 5.69 Å². The molecular weight excluding hydrogens is 196 g/mol. The summed E-state index contributed by atoms with van der Waals surface area (Å²) in [7, 11) is 0. The third-order valence-corrected chi connectivity index (χ3v) is 2.14. The van der Waals surface area contributed by atoms with E-state index in [1.54, 1.807) is 19.1 Å². The molecule has 0 N–H and O–H groups in total. The van der Waals surface area contributed by atoms with Crippen LogP contribution in [0.4, 0.5) is 5.69 Å². The van der Waals surface area contributed by atoms with Gasteiger partial charge in [-0.3, -0.25) is 10.1 Å². The molecule has 0 atom stereocenters. The van der Waals surface area contributed by atoms with E-state index < -0.39 is 4.92 Å². The first-order valence-corrected chi connectivity index (χ1v) is 4.29. The van der Waals surface area contributed by atoms with Gasteiger partial charge in [-0.1, -0.05) is 6.07 Å². The van der Waals surface area contributed by atoms with E-state index in [9.17, 15) is 10.1 Å². The zero-order valence-corrected chi connectivity index (χ0v) is 7.99. The number of hydrogen-bond donors (Lipinski definition) is 0. The average Bonchev–Trinajstić information content (AvgIpc) is 2.70. The molecule has 0 saturated carbocycles. The highest BCUT2D eigenvalue weighted by atomic mass is 16.6. The molecule has 0 aliphatic heterocycles. The van der Waals surface area contributed by atoms with Crippen molar-refractivity contribution in [3.8, 4) is 5.69 Å². The molecule has 0 unspecified atom stereocenters. The molecule has 1 aromatic carbocycles. The first-order chi connectivity index (χ1) is 7.20. The summed E-state index contributed by atoms with van der Waals surface area (Å²) in [5, 5.41) is 14.6. The first-order valence-electron chi connectivity index (χ1n) is 4.29. The fraction of sp³-hybridized carbons (Fsp3) is 0.111. The van der Waals surface area contributed by atoms with Crippen molar-refractivity contribution in [3.63, 3.8) is 0 Å². The molecule has 0 radical (unpaired) electrons. The minimum Gasteiger partial charge on any atom is -0.258 e. The predicted molar refractivity (Wildman–Crippen MR) is 52.8 cm³/mol. The number of nitro groups is 1. The Hall–Kier alpha value is -2.24. The van der Waals surface area contributed by atoms with Crippen molar-refractivity contribution in [1.82, 2.24) is 14.8 Å². The molecule has 76 valence electrons. The van der Waals surface area contributed by atoms with E-state index in [0.29, 0.717) is 11.3 Å². The van der Waals surface area contributed by atoms with Gasteiger partial charge in [0.15, 0.2) is 0 Å². The minimum absolute atomic E-state index is 0.0861. The molecule has 0 aliphatic carbocycles. The summed E-state index contributed by atoms with van der Waals surface area (Å²) >= 11 is 0. The molecule has 15 heavy (non-hydrogen) atoms. The highest BCUT2D eigenvalue weighted by Gasteiger charge is 2.14. The maximum absolute atomic E-state index is 10.7. The van der Waals surface area contributed by atoms with Gasteiger partial charge in [0.1, 0.15) is 12.7 Å². The molecule has 0 aliphatic rings. The average molecular weight is 204 g/mol. The third kappa shape index (κ3) is 1.56. The van der Waals surface area contributed by atoms with Gasteiger partial charge in [-0.25, -0.2) is 9.67 Å². The minimum atomic E-state index is -0.407. The fourth-order valence-electron chi connectivity index (χ4n) is 1.39. The van der Waals surface area contributed by atoms with Crippen LogP contribution in [-0.2, 0) is 0 Å². The van der Waals surface area contributed by atoms with E-state index in [1.807, 2.05) is 0 Å². The maximum Gasteiger partial charge on any atom is 0.274 e. The van der Waals surface area contributed by atoms with Gasteiger partial charge >= 0.3 is 0 Å². The van der Waals surface area contributed by atoms with Crippen molar-refractivity contribution in [2.45, 2.75) is 6.92 Å². The van der Waals surface area contributed by atoms with Crippen LogP contribution in [0.1, 0.15) is 5.56 Å². The van der Waals surface area contributed by atoms with Crippen LogP contribution < -0.4 is 0 Å². The molecule has 0 spiro atoms. The largest absolute Gasteiger partial charge is 0.274 e. The molecule has 0 saturated heterocycles. The van der Waals surface area contributed by atoms with Crippen molar-refractivity contribution in [1.29, 1.82) is 0 Å². The molecule has 2 rings (SSSR count). The molecular formula is C9H8N4O2. The Bertz CT molecular complexity index is 493. The normalized spacial score (nSPS) is 10.2. The van der Waals surface area contributed by atoms with Crippen LogP contribution in [0.15, 0.2) is 30.9 Å². The van der Waals surface area contributed by atoms with E-state index in [0.717, 1.165) is 0 Å². The summed E-state index contributed by atoms with van der Waals surface area (Å²) < 4.78 is 1.50. The Morgan fingerprint density at radius 2 is 2.27 bits per heavy atom. The van der Waals surface area contributed by atoms with Crippen LogP contribution in [0.25, 0.3) is 5.69 Å². The van der Waals surface area contributed by atoms with Crippen LogP contribution in [0.5, 0.6) is 0 Å². The molecule has 0 amide bonds. The van der Waals surface area contributed by atoms with Crippen molar-refractivity contribution in [2.24, 2.45) is 0 Å². The molecule has 1 aromatic heterocycles. The fourth-order valence-corrected chi connectivity index (χ4v) is 1.39. The van der Waals surface area contributed by atoms with Gasteiger partial charge in [-0.15, -0.1) is 0 Å². The van der Waals surface area contributed by atoms with Gasteiger partial charge in [0.2, 0.25) is 0 Å². The maximum atomic E-state index is 10.7. The van der Waals surface area contributed by atoms with E-state index in [2.05, 4.69) is 10.1 Å². The molecule has 6 nitrogen and oxygen atoms in total. The van der Waals surface area contributed by atoms with Gasteiger partial charge in [-0.2, -0.15) is 5.10 Å². The van der Waals surface area contributed by atoms with E-state index >= 15 is 0 Å². The van der Waals surface area contributed by atoms with E-state index in [1.165, 1.54) is 23.4 Å². The van der Waals surface area contributed by atoms with Gasteiger partial charge < -0.3 is 0 Å². The number of benzene rings is 1. The summed E-state index contributed by atoms with van der Waals surface area (Å²) in [6.45, 7) is 1.69. The lowest BCUT2D eigenvalue weighted by Gasteiger charge is -2.04. The predicted octanol–water partition coefficient (Wildman–Crippen LogP) is 1.48. The number of aromatic nitrogens is 3. The third-order valence-electron chi connectivity index (χ3n) is 2.14. The summed E-state index contributed by atoms with van der Waals surface area (Å²) in [5.74, 6) is 0. The lowest BCUT2D eigenvalue weighted by atomic mass is 10.1. The Morgan fingerprint density at radius 3 is 2.87 bits per heavy atom. The zero-order chi connectivity index (χ0) is 10.8. The zero-order valence-electron chi connectivity index (χ0n) is 7.99. The topological polar surface area (TPSA) is 73.8 Å². The first kappa shape index (κ1) is 9.32. The second-order valence-electron chi connectivity index (χ2n) is 3.02. The Labute approximate surface area is 85.3 Å². The monoisotopic (exact) mass is 204 g/mol. The Kier molecular flexibility index (Phi) is 2.17. The van der Waals surface area contributed by atoms with Crippen LogP contribution in [0.3, 0.4) is 0 Å². The number of rotatable bonds is 2. The molecule has 0 fully saturated rings. The van der Waals surface area contributed by atoms with Crippen LogP contribution >= 0.6 is 0 Å². The standard InChI is InChI=1S/C9H8N4O2/c1-7-8(12-6-10-5-11-12)3-2-4-9(7)13(14)15/h2-6H,1H3. The van der Waals surface area contributed by atoms with Crippen molar-refractivity contribution >= 4 is 5.69 Å². The Morgan fingerprint density at radius 1 is 1.47 bits per heavy atom. The second kappa shape index (κ2) is 3.49. The smallest absolute Gasteiger partial charge is 0.258 e. The van der Waals surface area contributed by atoms with Gasteiger partial charge in [0.25, 0.3) is 5.69 Å². The summed E-state index contributed by atoms with van der Waals surface area (Å²) in [6, 6.07) is 4.86. The van der Waals surface area contributed by atoms with Crippen molar-refractivity contribution in [3.05, 3.63) is 46.5 Å². The van der Waals surface area contributed by atoms with Gasteiger partial charge in [0, 0.05) is 6.07 Å². The summed E-state index contributed by atoms with van der Waals surface area (Å²) in [5.41, 5.74) is 1.33. The molecule has 1 heterocycles. The van der Waals surface area contributed by atoms with Gasteiger partial charge in [-0.05, 0) is 13.0 Å².